The fourth-order valence-corrected chi connectivity index (χ4v) is 3.43. The molecule has 1 fully saturated rings. The average Bonchev–Trinajstić information content (AvgIpc) is 3.45. The number of aromatic nitrogens is 1. The quantitative estimate of drug-likeness (QED) is 0.395. The smallest absolute Gasteiger partial charge is 0.211 e. The van der Waals surface area contributed by atoms with E-state index in [4.69, 9.17) is 11.6 Å². The predicted octanol–water partition coefficient (Wildman–Crippen LogP) is 3.78. The van der Waals surface area contributed by atoms with Gasteiger partial charge in [0.25, 0.3) is 0 Å². The van der Waals surface area contributed by atoms with Crippen LogP contribution in [-0.2, 0) is 0 Å². The van der Waals surface area contributed by atoms with Gasteiger partial charge in [-0.05, 0) is 58.2 Å². The van der Waals surface area contributed by atoms with Crippen LogP contribution in [0.3, 0.4) is 0 Å². The molecule has 3 nitrogen and oxygen atoms in total. The first kappa shape index (κ1) is 16.8. The summed E-state index contributed by atoms with van der Waals surface area (Å²) in [5, 5.41) is 17.3. The molecule has 0 radical (unpaired) electrons. The first-order valence-electron chi connectivity index (χ1n) is 8.71. The summed E-state index contributed by atoms with van der Waals surface area (Å²) in [5.74, 6) is 0.824. The average molecular weight is 363 g/mol. The highest BCUT2D eigenvalue weighted by Crippen LogP contribution is 2.54. The van der Waals surface area contributed by atoms with E-state index < -0.39 is 0 Å². The van der Waals surface area contributed by atoms with E-state index in [1.54, 1.807) is 10.9 Å². The van der Waals surface area contributed by atoms with Crippen molar-refractivity contribution in [3.8, 4) is 0 Å². The van der Waals surface area contributed by atoms with E-state index >= 15 is 0 Å². The molecule has 1 heterocycles. The SMILES string of the molecule is Cc1cccc[n+]1N=C([O-])c1ccc(C2CC2c2ccc(Cl)cc2)cc1. The molecule has 4 heteroatoms. The van der Waals surface area contributed by atoms with Crippen molar-refractivity contribution in [3.63, 3.8) is 0 Å². The van der Waals surface area contributed by atoms with Crippen LogP contribution in [0.1, 0.15) is 40.6 Å². The fraction of sp³-hybridized carbons (Fsp3) is 0.182. The Labute approximate surface area is 158 Å². The van der Waals surface area contributed by atoms with Crippen molar-refractivity contribution in [2.24, 2.45) is 5.10 Å². The van der Waals surface area contributed by atoms with Gasteiger partial charge in [0.15, 0.2) is 0 Å². The van der Waals surface area contributed by atoms with Gasteiger partial charge in [0.1, 0.15) is 0 Å². The second kappa shape index (κ2) is 6.93. The summed E-state index contributed by atoms with van der Waals surface area (Å²) >= 11 is 5.96. The summed E-state index contributed by atoms with van der Waals surface area (Å²) in [4.78, 5) is 0. The molecule has 1 aromatic heterocycles. The molecular weight excluding hydrogens is 344 g/mol. The van der Waals surface area contributed by atoms with E-state index in [0.29, 0.717) is 17.4 Å². The molecule has 1 aliphatic rings. The second-order valence-corrected chi connectivity index (χ2v) is 7.15. The molecule has 130 valence electrons. The van der Waals surface area contributed by atoms with Crippen molar-refractivity contribution in [2.75, 3.05) is 0 Å². The van der Waals surface area contributed by atoms with Gasteiger partial charge in [0, 0.05) is 24.1 Å². The third kappa shape index (κ3) is 3.49. The number of nitrogens with zero attached hydrogens (tertiary/aromatic N) is 2. The van der Waals surface area contributed by atoms with E-state index in [-0.39, 0.29) is 5.90 Å². The van der Waals surface area contributed by atoms with Crippen molar-refractivity contribution in [2.45, 2.75) is 25.2 Å². The maximum atomic E-state index is 12.4. The third-order valence-electron chi connectivity index (χ3n) is 4.91. The molecule has 0 bridgehead atoms. The van der Waals surface area contributed by atoms with Crippen LogP contribution >= 0.6 is 11.6 Å². The molecule has 2 atom stereocenters. The van der Waals surface area contributed by atoms with Crippen LogP contribution in [0.4, 0.5) is 0 Å². The van der Waals surface area contributed by atoms with Crippen molar-refractivity contribution in [1.82, 2.24) is 0 Å². The highest BCUT2D eigenvalue weighted by molar-refractivity contribution is 6.30. The van der Waals surface area contributed by atoms with E-state index in [1.807, 2.05) is 61.5 Å². The van der Waals surface area contributed by atoms with Gasteiger partial charge in [-0.25, -0.2) is 0 Å². The Morgan fingerprint density at radius 3 is 2.19 bits per heavy atom. The van der Waals surface area contributed by atoms with Crippen LogP contribution < -0.4 is 9.78 Å². The molecular formula is C22H19ClN2O. The van der Waals surface area contributed by atoms with Crippen molar-refractivity contribution < 1.29 is 9.78 Å². The van der Waals surface area contributed by atoms with Gasteiger partial charge in [-0.1, -0.05) is 52.7 Å². The van der Waals surface area contributed by atoms with Gasteiger partial charge < -0.3 is 5.11 Å². The Balaban J connectivity index is 1.49. The Morgan fingerprint density at radius 1 is 0.962 bits per heavy atom. The normalized spacial score (nSPS) is 19.4. The molecule has 4 rings (SSSR count). The number of aryl methyl sites for hydroxylation is 1. The number of halogens is 1. The van der Waals surface area contributed by atoms with E-state index in [2.05, 4.69) is 17.2 Å². The van der Waals surface area contributed by atoms with Crippen LogP contribution in [0.5, 0.6) is 0 Å². The Kier molecular flexibility index (Phi) is 4.48. The van der Waals surface area contributed by atoms with Gasteiger partial charge in [-0.15, -0.1) is 0 Å². The number of pyridine rings is 1. The zero-order valence-electron chi connectivity index (χ0n) is 14.5. The Morgan fingerprint density at radius 2 is 1.58 bits per heavy atom. The highest BCUT2D eigenvalue weighted by Gasteiger charge is 2.39. The lowest BCUT2D eigenvalue weighted by Gasteiger charge is -2.09. The van der Waals surface area contributed by atoms with Crippen LogP contribution in [0.25, 0.3) is 0 Å². The van der Waals surface area contributed by atoms with E-state index in [9.17, 15) is 5.11 Å². The summed E-state index contributed by atoms with van der Waals surface area (Å²) in [6.45, 7) is 1.92. The molecule has 3 aromatic rings. The molecule has 2 unspecified atom stereocenters. The van der Waals surface area contributed by atoms with E-state index in [1.165, 1.54) is 11.1 Å². The molecule has 26 heavy (non-hydrogen) atoms. The van der Waals surface area contributed by atoms with Crippen LogP contribution in [0, 0.1) is 6.92 Å². The first-order chi connectivity index (χ1) is 12.6. The van der Waals surface area contributed by atoms with Gasteiger partial charge in [-0.3, -0.25) is 0 Å². The van der Waals surface area contributed by atoms with Crippen LogP contribution in [0.2, 0.25) is 5.02 Å². The minimum Gasteiger partial charge on any atom is -0.854 e. The summed E-state index contributed by atoms with van der Waals surface area (Å²) in [6.07, 6.45) is 2.92. The van der Waals surface area contributed by atoms with Crippen molar-refractivity contribution >= 4 is 17.5 Å². The first-order valence-corrected chi connectivity index (χ1v) is 9.09. The minimum atomic E-state index is -0.235. The van der Waals surface area contributed by atoms with Crippen LogP contribution in [0.15, 0.2) is 78.0 Å². The third-order valence-corrected chi connectivity index (χ3v) is 5.16. The number of hydrogen-bond donors (Lipinski definition) is 0. The maximum Gasteiger partial charge on any atom is 0.211 e. The number of hydrogen-bond acceptors (Lipinski definition) is 2. The van der Waals surface area contributed by atoms with Crippen molar-refractivity contribution in [1.29, 1.82) is 0 Å². The molecule has 1 aliphatic carbocycles. The monoisotopic (exact) mass is 362 g/mol. The molecule has 0 spiro atoms. The van der Waals surface area contributed by atoms with Crippen molar-refractivity contribution in [3.05, 3.63) is 100 Å². The fourth-order valence-electron chi connectivity index (χ4n) is 3.30. The summed E-state index contributed by atoms with van der Waals surface area (Å²) < 4.78 is 1.60. The highest BCUT2D eigenvalue weighted by atomic mass is 35.5. The van der Waals surface area contributed by atoms with Gasteiger partial charge >= 0.3 is 0 Å². The lowest BCUT2D eigenvalue weighted by molar-refractivity contribution is -0.687. The molecule has 0 amide bonds. The predicted molar refractivity (Wildman–Crippen MR) is 101 cm³/mol. The molecule has 2 aromatic carbocycles. The summed E-state index contributed by atoms with van der Waals surface area (Å²) in [7, 11) is 0. The minimum absolute atomic E-state index is 0.235. The molecule has 0 aliphatic heterocycles. The number of benzene rings is 2. The lowest BCUT2D eigenvalue weighted by atomic mass is 10.0. The topological polar surface area (TPSA) is 39.3 Å². The summed E-state index contributed by atoms with van der Waals surface area (Å²) in [6, 6.07) is 21.6. The lowest BCUT2D eigenvalue weighted by Crippen LogP contribution is -2.36. The van der Waals surface area contributed by atoms with Crippen LogP contribution in [-0.4, -0.2) is 5.90 Å². The number of rotatable bonds is 4. The molecule has 0 saturated heterocycles. The van der Waals surface area contributed by atoms with Gasteiger partial charge in [0.05, 0.1) is 5.90 Å². The standard InChI is InChI=1S/C22H19ClN2O/c1-15-4-2-3-13-25(15)24-22(26)18-7-5-16(6-8-18)20-14-21(20)17-9-11-19(23)12-10-17/h2-13,20-21H,14H2,1H3. The summed E-state index contributed by atoms with van der Waals surface area (Å²) in [5.41, 5.74) is 4.12. The van der Waals surface area contributed by atoms with Gasteiger partial charge in [0.2, 0.25) is 11.9 Å². The molecule has 0 N–H and O–H groups in total. The second-order valence-electron chi connectivity index (χ2n) is 6.71. The Hall–Kier alpha value is -2.65. The molecule has 1 saturated carbocycles. The van der Waals surface area contributed by atoms with Gasteiger partial charge in [-0.2, -0.15) is 0 Å². The largest absolute Gasteiger partial charge is 0.854 e. The maximum absolute atomic E-state index is 12.4. The zero-order chi connectivity index (χ0) is 18.1. The Bertz CT molecular complexity index is 949. The zero-order valence-corrected chi connectivity index (χ0v) is 15.2. The van der Waals surface area contributed by atoms with E-state index in [0.717, 1.165) is 17.1 Å².